The molecule has 0 radical (unpaired) electrons. The molecule has 8 heteroatoms. The van der Waals surface area contributed by atoms with Crippen molar-refractivity contribution in [3.05, 3.63) is 82.6 Å². The van der Waals surface area contributed by atoms with Crippen LogP contribution in [0.25, 0.3) is 11.0 Å². The van der Waals surface area contributed by atoms with Gasteiger partial charge < -0.3 is 20.4 Å². The van der Waals surface area contributed by atoms with Gasteiger partial charge in [0.25, 0.3) is 5.91 Å². The number of hydrogen-bond acceptors (Lipinski definition) is 4. The van der Waals surface area contributed by atoms with Crippen molar-refractivity contribution in [1.29, 1.82) is 0 Å². The number of carbonyl (C=O) groups excluding carboxylic acids is 2. The van der Waals surface area contributed by atoms with Gasteiger partial charge in [0.15, 0.2) is 0 Å². The molecule has 1 heterocycles. The Kier molecular flexibility index (Phi) is 7.13. The van der Waals surface area contributed by atoms with E-state index in [4.69, 9.17) is 16.3 Å². The predicted octanol–water partition coefficient (Wildman–Crippen LogP) is 5.61. The Hall–Kier alpha value is -3.84. The van der Waals surface area contributed by atoms with Crippen molar-refractivity contribution in [2.24, 2.45) is 0 Å². The van der Waals surface area contributed by atoms with Crippen molar-refractivity contribution in [2.75, 3.05) is 17.7 Å². The maximum atomic E-state index is 12.7. The smallest absolute Gasteiger partial charge is 0.255 e. The minimum Gasteiger partial charge on any atom is -0.495 e. The van der Waals surface area contributed by atoms with Crippen LogP contribution in [0.15, 0.2) is 60.7 Å². The van der Waals surface area contributed by atoms with Crippen LogP contribution in [0, 0.1) is 0 Å². The molecule has 0 aliphatic carbocycles. The van der Waals surface area contributed by atoms with Gasteiger partial charge >= 0.3 is 0 Å². The first-order valence-corrected chi connectivity index (χ1v) is 11.3. The molecule has 1 aromatic heterocycles. The van der Waals surface area contributed by atoms with Gasteiger partial charge in [0.1, 0.15) is 11.6 Å². The lowest BCUT2D eigenvalue weighted by atomic mass is 10.1. The Morgan fingerprint density at radius 2 is 1.74 bits per heavy atom. The number of nitrogens with one attached hydrogen (secondary N) is 3. The van der Waals surface area contributed by atoms with E-state index < -0.39 is 0 Å². The largest absolute Gasteiger partial charge is 0.495 e. The van der Waals surface area contributed by atoms with E-state index in [1.807, 2.05) is 37.3 Å². The summed E-state index contributed by atoms with van der Waals surface area (Å²) in [7, 11) is 1.54. The summed E-state index contributed by atoms with van der Waals surface area (Å²) in [5.74, 6) is 1.15. The van der Waals surface area contributed by atoms with Crippen LogP contribution < -0.4 is 15.4 Å². The lowest BCUT2D eigenvalue weighted by molar-refractivity contribution is -0.115. The monoisotopic (exact) mass is 476 g/mol. The van der Waals surface area contributed by atoms with Crippen LogP contribution >= 0.6 is 11.6 Å². The van der Waals surface area contributed by atoms with E-state index in [0.717, 1.165) is 41.0 Å². The van der Waals surface area contributed by atoms with Gasteiger partial charge in [-0.15, -0.1) is 0 Å². The summed E-state index contributed by atoms with van der Waals surface area (Å²) >= 11 is 6.14. The number of carbonyl (C=O) groups is 2. The topological polar surface area (TPSA) is 96.1 Å². The minimum atomic E-state index is -0.241. The number of amides is 2. The Morgan fingerprint density at radius 3 is 2.44 bits per heavy atom. The third-order valence-corrected chi connectivity index (χ3v) is 5.71. The molecule has 3 aromatic carbocycles. The Balaban J connectivity index is 1.40. The lowest BCUT2D eigenvalue weighted by Gasteiger charge is -2.08. The number of rotatable bonds is 8. The molecule has 0 aliphatic heterocycles. The molecule has 4 rings (SSSR count). The van der Waals surface area contributed by atoms with E-state index in [0.29, 0.717) is 28.4 Å². The van der Waals surface area contributed by atoms with Crippen LogP contribution in [0.4, 0.5) is 11.4 Å². The number of imidazole rings is 1. The van der Waals surface area contributed by atoms with Crippen molar-refractivity contribution in [2.45, 2.75) is 26.2 Å². The van der Waals surface area contributed by atoms with Gasteiger partial charge in [-0.25, -0.2) is 4.98 Å². The Morgan fingerprint density at radius 1 is 0.971 bits per heavy atom. The summed E-state index contributed by atoms with van der Waals surface area (Å²) in [5.41, 5.74) is 4.64. The van der Waals surface area contributed by atoms with Gasteiger partial charge in [-0.05, 0) is 60.5 Å². The van der Waals surface area contributed by atoms with Crippen LogP contribution in [0.2, 0.25) is 5.02 Å². The maximum Gasteiger partial charge on any atom is 0.255 e. The molecule has 174 valence electrons. The van der Waals surface area contributed by atoms with Gasteiger partial charge in [-0.3, -0.25) is 9.59 Å². The molecule has 0 atom stereocenters. The highest BCUT2D eigenvalue weighted by molar-refractivity contribution is 6.32. The Bertz CT molecular complexity index is 1330. The molecule has 0 spiro atoms. The summed E-state index contributed by atoms with van der Waals surface area (Å²) in [5, 5.41) is 6.12. The SMILES string of the molecule is CCC(=O)Nc1ccc(CCc2nc3ccc(C(=O)Nc4ccc(OC)c(Cl)c4)cc3[nH]2)cc1. The molecule has 2 amide bonds. The molecule has 34 heavy (non-hydrogen) atoms. The van der Waals surface area contributed by atoms with Crippen LogP contribution in [-0.2, 0) is 17.6 Å². The van der Waals surface area contributed by atoms with E-state index in [-0.39, 0.29) is 11.8 Å². The molecule has 0 aliphatic rings. The minimum absolute atomic E-state index is 0.00382. The maximum absolute atomic E-state index is 12.7. The van der Waals surface area contributed by atoms with E-state index in [2.05, 4.69) is 20.6 Å². The van der Waals surface area contributed by atoms with Crippen molar-refractivity contribution < 1.29 is 14.3 Å². The van der Waals surface area contributed by atoms with Gasteiger partial charge in [-0.2, -0.15) is 0 Å². The Labute approximate surface area is 202 Å². The van der Waals surface area contributed by atoms with Gasteiger partial charge in [0.05, 0.1) is 23.2 Å². The second-order valence-electron chi connectivity index (χ2n) is 7.82. The van der Waals surface area contributed by atoms with Crippen molar-refractivity contribution >= 4 is 45.8 Å². The number of halogens is 1. The van der Waals surface area contributed by atoms with Crippen molar-refractivity contribution in [1.82, 2.24) is 9.97 Å². The standard InChI is InChI=1S/C26H25ClN4O3/c1-3-25(32)28-18-8-4-16(5-9-18)6-13-24-30-21-11-7-17(14-22(21)31-24)26(33)29-19-10-12-23(34-2)20(27)15-19/h4-5,7-12,14-15H,3,6,13H2,1-2H3,(H,28,32)(H,29,33)(H,30,31). The summed E-state index contributed by atoms with van der Waals surface area (Å²) in [6.07, 6.45) is 1.97. The number of ether oxygens (including phenoxy) is 1. The van der Waals surface area contributed by atoms with Crippen LogP contribution in [0.5, 0.6) is 5.75 Å². The summed E-state index contributed by atoms with van der Waals surface area (Å²) in [6, 6.07) is 18.3. The normalized spacial score (nSPS) is 10.8. The fourth-order valence-corrected chi connectivity index (χ4v) is 3.79. The first-order valence-electron chi connectivity index (χ1n) is 11.0. The zero-order chi connectivity index (χ0) is 24.1. The van der Waals surface area contributed by atoms with E-state index in [1.165, 1.54) is 7.11 Å². The number of benzene rings is 3. The molecule has 0 fully saturated rings. The average Bonchev–Trinajstić information content (AvgIpc) is 3.26. The highest BCUT2D eigenvalue weighted by Crippen LogP contribution is 2.27. The number of aromatic nitrogens is 2. The second-order valence-corrected chi connectivity index (χ2v) is 8.22. The molecule has 7 nitrogen and oxygen atoms in total. The third-order valence-electron chi connectivity index (χ3n) is 5.41. The van der Waals surface area contributed by atoms with Gasteiger partial charge in [0, 0.05) is 29.8 Å². The number of nitrogens with zero attached hydrogens (tertiary/aromatic N) is 1. The van der Waals surface area contributed by atoms with Crippen molar-refractivity contribution in [3.63, 3.8) is 0 Å². The number of fused-ring (bicyclic) bond motifs is 1. The highest BCUT2D eigenvalue weighted by Gasteiger charge is 2.11. The molecule has 0 saturated carbocycles. The number of aryl methyl sites for hydroxylation is 2. The molecule has 4 aromatic rings. The first-order chi connectivity index (χ1) is 16.4. The second kappa shape index (κ2) is 10.4. The van der Waals surface area contributed by atoms with Crippen LogP contribution in [-0.4, -0.2) is 28.9 Å². The average molecular weight is 477 g/mol. The quantitative estimate of drug-likeness (QED) is 0.308. The molecule has 3 N–H and O–H groups in total. The van der Waals surface area contributed by atoms with Crippen LogP contribution in [0.3, 0.4) is 0 Å². The number of H-pyrrole nitrogens is 1. The fourth-order valence-electron chi connectivity index (χ4n) is 3.54. The molecular weight excluding hydrogens is 452 g/mol. The number of hydrogen-bond donors (Lipinski definition) is 3. The van der Waals surface area contributed by atoms with E-state index >= 15 is 0 Å². The molecule has 0 unspecified atom stereocenters. The van der Waals surface area contributed by atoms with Gasteiger partial charge in [0.2, 0.25) is 5.91 Å². The number of anilines is 2. The number of aromatic amines is 1. The summed E-state index contributed by atoms with van der Waals surface area (Å²) < 4.78 is 5.14. The fraction of sp³-hybridized carbons (Fsp3) is 0.192. The van der Waals surface area contributed by atoms with E-state index in [1.54, 1.807) is 30.3 Å². The molecule has 0 bridgehead atoms. The van der Waals surface area contributed by atoms with Gasteiger partial charge in [-0.1, -0.05) is 30.7 Å². The van der Waals surface area contributed by atoms with E-state index in [9.17, 15) is 9.59 Å². The summed E-state index contributed by atoms with van der Waals surface area (Å²) in [4.78, 5) is 32.2. The van der Waals surface area contributed by atoms with Crippen LogP contribution in [0.1, 0.15) is 35.1 Å². The summed E-state index contributed by atoms with van der Waals surface area (Å²) in [6.45, 7) is 1.82. The molecular formula is C26H25ClN4O3. The first kappa shape index (κ1) is 23.3. The number of methoxy groups -OCH3 is 1. The molecule has 0 saturated heterocycles. The lowest BCUT2D eigenvalue weighted by Crippen LogP contribution is -2.11. The highest BCUT2D eigenvalue weighted by atomic mass is 35.5. The van der Waals surface area contributed by atoms with Crippen molar-refractivity contribution in [3.8, 4) is 5.75 Å². The third kappa shape index (κ3) is 5.55. The predicted molar refractivity (Wildman–Crippen MR) is 135 cm³/mol. The zero-order valence-corrected chi connectivity index (χ0v) is 19.7. The zero-order valence-electron chi connectivity index (χ0n) is 18.9.